The number of hydrogen-bond acceptors (Lipinski definition) is 1. The van der Waals surface area contributed by atoms with Crippen molar-refractivity contribution in [3.8, 4) is 0 Å². The lowest BCUT2D eigenvalue weighted by atomic mass is 10.0. The molecule has 0 radical (unpaired) electrons. The number of nitrogens with one attached hydrogen (secondary N) is 1. The van der Waals surface area contributed by atoms with Crippen LogP contribution in [0.1, 0.15) is 36.8 Å². The number of unbranched alkanes of at least 4 members (excludes halogenated alkanes) is 1. The van der Waals surface area contributed by atoms with Gasteiger partial charge in [0.15, 0.2) is 0 Å². The predicted octanol–water partition coefficient (Wildman–Crippen LogP) is 3.92. The largest absolute Gasteiger partial charge is 0.416 e. The Morgan fingerprint density at radius 3 is 2.53 bits per heavy atom. The average Bonchev–Trinajstić information content (AvgIpc) is 3.13. The summed E-state index contributed by atoms with van der Waals surface area (Å²) in [6, 6.07) is 3.54. The lowest BCUT2D eigenvalue weighted by molar-refractivity contribution is -0.138. The number of aryl methyl sites for hydroxylation is 1. The highest BCUT2D eigenvalue weighted by atomic mass is 19.4. The Balaban J connectivity index is 1.87. The fraction of sp³-hybridized carbons (Fsp3) is 0.571. The van der Waals surface area contributed by atoms with E-state index in [2.05, 4.69) is 5.32 Å². The van der Waals surface area contributed by atoms with Gasteiger partial charge in [0, 0.05) is 6.04 Å². The van der Waals surface area contributed by atoms with Gasteiger partial charge in [-0.05, 0) is 56.3 Å². The van der Waals surface area contributed by atoms with Gasteiger partial charge in [-0.15, -0.1) is 0 Å². The molecule has 0 unspecified atom stereocenters. The Kier molecular flexibility index (Phi) is 4.45. The number of alkyl halides is 3. The Morgan fingerprint density at radius 1 is 1.16 bits per heavy atom. The summed E-state index contributed by atoms with van der Waals surface area (Å²) in [6.07, 6.45) is -0.225. The molecule has 1 N–H and O–H groups in total. The molecular weight excluding hydrogens is 258 g/mol. The average molecular weight is 275 g/mol. The van der Waals surface area contributed by atoms with Crippen LogP contribution in [0.2, 0.25) is 0 Å². The van der Waals surface area contributed by atoms with Crippen LogP contribution in [0.15, 0.2) is 18.2 Å². The van der Waals surface area contributed by atoms with Crippen LogP contribution in [0.5, 0.6) is 0 Å². The lowest BCUT2D eigenvalue weighted by Gasteiger charge is -2.13. The topological polar surface area (TPSA) is 12.0 Å². The molecule has 0 atom stereocenters. The van der Waals surface area contributed by atoms with E-state index in [1.165, 1.54) is 18.9 Å². The molecule has 1 fully saturated rings. The van der Waals surface area contributed by atoms with E-state index < -0.39 is 17.6 Å². The Hall–Kier alpha value is -1.10. The first kappa shape index (κ1) is 14.3. The molecule has 2 rings (SSSR count). The van der Waals surface area contributed by atoms with E-state index in [1.807, 2.05) is 0 Å². The minimum atomic E-state index is -4.48. The van der Waals surface area contributed by atoms with E-state index in [9.17, 15) is 17.6 Å². The molecule has 1 aliphatic carbocycles. The van der Waals surface area contributed by atoms with Crippen molar-refractivity contribution in [3.63, 3.8) is 0 Å². The van der Waals surface area contributed by atoms with Gasteiger partial charge in [0.2, 0.25) is 0 Å². The summed E-state index contributed by atoms with van der Waals surface area (Å²) >= 11 is 0. The van der Waals surface area contributed by atoms with Gasteiger partial charge in [-0.2, -0.15) is 13.2 Å². The van der Waals surface area contributed by atoms with Gasteiger partial charge < -0.3 is 5.32 Å². The smallest absolute Gasteiger partial charge is 0.314 e. The molecule has 106 valence electrons. The van der Waals surface area contributed by atoms with Crippen LogP contribution < -0.4 is 5.32 Å². The summed E-state index contributed by atoms with van der Waals surface area (Å²) in [6.45, 7) is 0.840. The maximum absolute atomic E-state index is 12.9. The molecule has 0 aliphatic heterocycles. The first-order chi connectivity index (χ1) is 8.97. The second-order valence-electron chi connectivity index (χ2n) is 4.98. The van der Waals surface area contributed by atoms with Crippen LogP contribution in [0.3, 0.4) is 0 Å². The van der Waals surface area contributed by atoms with Crippen molar-refractivity contribution in [2.75, 3.05) is 6.54 Å². The van der Waals surface area contributed by atoms with Crippen LogP contribution in [0.4, 0.5) is 17.6 Å². The first-order valence-corrected chi connectivity index (χ1v) is 6.56. The monoisotopic (exact) mass is 275 g/mol. The van der Waals surface area contributed by atoms with E-state index in [0.29, 0.717) is 24.9 Å². The van der Waals surface area contributed by atoms with E-state index in [4.69, 9.17) is 0 Å². The van der Waals surface area contributed by atoms with Crippen LogP contribution in [0.25, 0.3) is 0 Å². The Bertz CT molecular complexity index is 424. The van der Waals surface area contributed by atoms with Crippen LogP contribution in [-0.2, 0) is 12.6 Å². The summed E-state index contributed by atoms with van der Waals surface area (Å²) in [5.41, 5.74) is -0.664. The van der Waals surface area contributed by atoms with Crippen LogP contribution in [0, 0.1) is 5.82 Å². The zero-order valence-corrected chi connectivity index (χ0v) is 10.6. The molecule has 1 aromatic carbocycles. The van der Waals surface area contributed by atoms with Crippen molar-refractivity contribution in [1.82, 2.24) is 5.32 Å². The number of benzene rings is 1. The predicted molar refractivity (Wildman–Crippen MR) is 65.4 cm³/mol. The van der Waals surface area contributed by atoms with Crippen molar-refractivity contribution in [2.45, 2.75) is 44.3 Å². The Labute approximate surface area is 110 Å². The normalized spacial score (nSPS) is 15.8. The summed E-state index contributed by atoms with van der Waals surface area (Å²) in [5.74, 6) is -0.841. The molecule has 1 nitrogen and oxygen atoms in total. The molecule has 0 spiro atoms. The van der Waals surface area contributed by atoms with Gasteiger partial charge in [-0.25, -0.2) is 4.39 Å². The molecule has 1 saturated carbocycles. The third-order valence-electron chi connectivity index (χ3n) is 3.26. The zero-order valence-electron chi connectivity index (χ0n) is 10.6. The molecular formula is C14H17F4N. The fourth-order valence-corrected chi connectivity index (χ4v) is 2.06. The van der Waals surface area contributed by atoms with Crippen molar-refractivity contribution in [1.29, 1.82) is 0 Å². The Morgan fingerprint density at radius 2 is 1.89 bits per heavy atom. The zero-order chi connectivity index (χ0) is 13.9. The van der Waals surface area contributed by atoms with Gasteiger partial charge in [0.1, 0.15) is 5.82 Å². The molecule has 5 heteroatoms. The fourth-order valence-electron chi connectivity index (χ4n) is 2.06. The van der Waals surface area contributed by atoms with Crippen molar-refractivity contribution in [3.05, 3.63) is 35.1 Å². The second kappa shape index (κ2) is 5.90. The molecule has 0 heterocycles. The highest BCUT2D eigenvalue weighted by Crippen LogP contribution is 2.33. The third kappa shape index (κ3) is 4.49. The lowest BCUT2D eigenvalue weighted by Crippen LogP contribution is -2.17. The molecule has 0 bridgehead atoms. The van der Waals surface area contributed by atoms with Gasteiger partial charge in [0.05, 0.1) is 5.56 Å². The highest BCUT2D eigenvalue weighted by Gasteiger charge is 2.33. The van der Waals surface area contributed by atoms with E-state index in [1.54, 1.807) is 0 Å². The second-order valence-corrected chi connectivity index (χ2v) is 4.98. The molecule has 0 aromatic heterocycles. The van der Waals surface area contributed by atoms with Gasteiger partial charge in [0.25, 0.3) is 0 Å². The third-order valence-corrected chi connectivity index (χ3v) is 3.26. The van der Waals surface area contributed by atoms with E-state index >= 15 is 0 Å². The maximum atomic E-state index is 12.9. The molecule has 0 amide bonds. The molecule has 0 saturated heterocycles. The minimum Gasteiger partial charge on any atom is -0.314 e. The maximum Gasteiger partial charge on any atom is 0.416 e. The summed E-state index contributed by atoms with van der Waals surface area (Å²) in [4.78, 5) is 0. The van der Waals surface area contributed by atoms with E-state index in [-0.39, 0.29) is 5.56 Å². The highest BCUT2D eigenvalue weighted by molar-refractivity contribution is 5.30. The van der Waals surface area contributed by atoms with Crippen molar-refractivity contribution in [2.24, 2.45) is 0 Å². The van der Waals surface area contributed by atoms with Gasteiger partial charge in [-0.3, -0.25) is 0 Å². The number of halogens is 4. The quantitative estimate of drug-likeness (QED) is 0.613. The SMILES string of the molecule is Fc1ccc(CCCCNC2CC2)c(C(F)(F)F)c1. The number of hydrogen-bond donors (Lipinski definition) is 1. The minimum absolute atomic E-state index is 0.181. The first-order valence-electron chi connectivity index (χ1n) is 6.56. The molecule has 1 aliphatic rings. The summed E-state index contributed by atoms with van der Waals surface area (Å²) in [5, 5.41) is 3.31. The van der Waals surface area contributed by atoms with Crippen molar-refractivity contribution >= 4 is 0 Å². The van der Waals surface area contributed by atoms with Crippen LogP contribution in [-0.4, -0.2) is 12.6 Å². The van der Waals surface area contributed by atoms with Crippen molar-refractivity contribution < 1.29 is 17.6 Å². The molecule has 1 aromatic rings. The number of rotatable bonds is 6. The van der Waals surface area contributed by atoms with Gasteiger partial charge >= 0.3 is 6.18 Å². The molecule has 19 heavy (non-hydrogen) atoms. The van der Waals surface area contributed by atoms with Crippen LogP contribution >= 0.6 is 0 Å². The summed E-state index contributed by atoms with van der Waals surface area (Å²) in [7, 11) is 0. The van der Waals surface area contributed by atoms with E-state index in [0.717, 1.165) is 19.0 Å². The standard InChI is InChI=1S/C14H17F4N/c15-11-5-4-10(13(9-11)14(16,17)18)3-1-2-8-19-12-6-7-12/h4-5,9,12,19H,1-3,6-8H2. The summed E-state index contributed by atoms with van der Waals surface area (Å²) < 4.78 is 51.1. The van der Waals surface area contributed by atoms with Gasteiger partial charge in [-0.1, -0.05) is 6.07 Å².